The van der Waals surface area contributed by atoms with E-state index >= 15 is 0 Å². The Kier molecular flexibility index (Phi) is 10.9. The maximum absolute atomic E-state index is 14.7. The third-order valence-electron chi connectivity index (χ3n) is 10.1. The summed E-state index contributed by atoms with van der Waals surface area (Å²) in [5.74, 6) is -0.181. The van der Waals surface area contributed by atoms with E-state index in [-0.39, 0.29) is 24.4 Å². The molecule has 3 aliphatic rings. The first-order chi connectivity index (χ1) is 23.3. The fourth-order valence-electron chi connectivity index (χ4n) is 7.21. The molecular weight excluding hydrogens is 624 g/mol. The number of nitrogens with one attached hydrogen (secondary N) is 1. The topological polar surface area (TPSA) is 129 Å². The van der Waals surface area contributed by atoms with Crippen molar-refractivity contribution in [1.29, 1.82) is 0 Å². The molecule has 0 spiro atoms. The summed E-state index contributed by atoms with van der Waals surface area (Å²) in [5, 5.41) is 2.96. The highest BCUT2D eigenvalue weighted by atomic mass is 16.6. The van der Waals surface area contributed by atoms with Crippen molar-refractivity contribution in [3.8, 4) is 11.6 Å². The Labute approximate surface area is 289 Å². The summed E-state index contributed by atoms with van der Waals surface area (Å²) < 4.78 is 23.5. The number of fused-ring (bicyclic) bond motifs is 1. The molecule has 1 aromatic carbocycles. The van der Waals surface area contributed by atoms with Gasteiger partial charge in [-0.25, -0.2) is 19.6 Å². The zero-order valence-electron chi connectivity index (χ0n) is 29.8. The predicted molar refractivity (Wildman–Crippen MR) is 187 cm³/mol. The summed E-state index contributed by atoms with van der Waals surface area (Å²) in [6.45, 7) is 17.0. The van der Waals surface area contributed by atoms with Crippen LogP contribution in [0.5, 0.6) is 11.6 Å². The number of ether oxygens (including phenoxy) is 4. The zero-order valence-corrected chi connectivity index (χ0v) is 29.8. The molecule has 1 aromatic heterocycles. The maximum Gasteiger partial charge on any atom is 0.408 e. The van der Waals surface area contributed by atoms with Gasteiger partial charge in [0.2, 0.25) is 11.8 Å². The van der Waals surface area contributed by atoms with Crippen LogP contribution in [0.15, 0.2) is 37.4 Å². The molecule has 5 rings (SSSR count). The zero-order chi connectivity index (χ0) is 35.5. The van der Waals surface area contributed by atoms with Crippen LogP contribution in [0.25, 0.3) is 17.1 Å². The normalized spacial score (nSPS) is 24.9. The lowest BCUT2D eigenvalue weighted by Gasteiger charge is -2.37. The average Bonchev–Trinajstić information content (AvgIpc) is 3.46. The van der Waals surface area contributed by atoms with Crippen LogP contribution in [0.4, 0.5) is 4.79 Å². The number of hydrogen-bond acceptors (Lipinski definition) is 9. The van der Waals surface area contributed by atoms with Crippen molar-refractivity contribution in [2.45, 2.75) is 116 Å². The lowest BCUT2D eigenvalue weighted by Crippen LogP contribution is -2.58. The Hall–Kier alpha value is -4.15. The summed E-state index contributed by atoms with van der Waals surface area (Å²) >= 11 is 0. The number of rotatable bonds is 13. The molecule has 2 amide bonds. The Balaban J connectivity index is 1.41. The molecule has 0 radical (unpaired) electrons. The third-order valence-corrected chi connectivity index (χ3v) is 10.1. The number of amides is 2. The van der Waals surface area contributed by atoms with Gasteiger partial charge in [-0.05, 0) is 88.8 Å². The molecule has 6 atom stereocenters. The van der Waals surface area contributed by atoms with E-state index in [0.717, 1.165) is 51.4 Å². The van der Waals surface area contributed by atoms with Crippen molar-refractivity contribution in [3.05, 3.63) is 43.1 Å². The summed E-state index contributed by atoms with van der Waals surface area (Å²) in [7, 11) is 1.58. The minimum atomic E-state index is -0.958. The van der Waals surface area contributed by atoms with Crippen molar-refractivity contribution in [2.24, 2.45) is 17.3 Å². The fraction of sp³-hybridized carbons (Fsp3) is 0.605. The molecule has 2 heterocycles. The van der Waals surface area contributed by atoms with Crippen LogP contribution >= 0.6 is 0 Å². The summed E-state index contributed by atoms with van der Waals surface area (Å²) in [6, 6.07) is 3.52. The molecule has 1 saturated heterocycles. The second kappa shape index (κ2) is 14.8. The standard InChI is InChI=1S/C38H52N4O7/c1-9-11-12-15-24-20-29(24)48-36(45)41-32(38(7)18-13-14-19-38)34(43)42-22-30(23(3)31(42)35(44)49-37(4,5)6)47-33-26(10-2)39-27-17-16-25(46-8)21-28(27)40-33/h9-10,16-17,21,23-24,29-32H,1-2,11-15,18-20,22H2,3-8H3,(H,41,45)/t23-,24-,29-,30+,31+,32-/m1/s1. The van der Waals surface area contributed by atoms with Crippen LogP contribution in [0, 0.1) is 17.3 Å². The van der Waals surface area contributed by atoms with Crippen molar-refractivity contribution in [3.63, 3.8) is 0 Å². The van der Waals surface area contributed by atoms with E-state index in [0.29, 0.717) is 28.4 Å². The average molecular weight is 677 g/mol. The fourth-order valence-corrected chi connectivity index (χ4v) is 7.21. The minimum Gasteiger partial charge on any atom is -0.497 e. The molecule has 2 aromatic rings. The van der Waals surface area contributed by atoms with Gasteiger partial charge in [-0.3, -0.25) is 4.79 Å². The van der Waals surface area contributed by atoms with E-state index in [9.17, 15) is 14.4 Å². The van der Waals surface area contributed by atoms with Gasteiger partial charge in [0.1, 0.15) is 41.3 Å². The predicted octanol–water partition coefficient (Wildman–Crippen LogP) is 6.64. The molecule has 0 unspecified atom stereocenters. The monoisotopic (exact) mass is 676 g/mol. The maximum atomic E-state index is 14.7. The largest absolute Gasteiger partial charge is 0.497 e. The number of esters is 1. The molecule has 11 heteroatoms. The molecule has 3 fully saturated rings. The van der Waals surface area contributed by atoms with Gasteiger partial charge < -0.3 is 29.2 Å². The van der Waals surface area contributed by atoms with Gasteiger partial charge in [0.25, 0.3) is 0 Å². The molecule has 2 saturated carbocycles. The Morgan fingerprint density at radius 1 is 1.12 bits per heavy atom. The number of nitrogens with zero attached hydrogens (tertiary/aromatic N) is 3. The number of likely N-dealkylation sites (tertiary alicyclic amines) is 1. The number of carbonyl (C=O) groups is 3. The minimum absolute atomic E-state index is 0.0790. The van der Waals surface area contributed by atoms with Gasteiger partial charge in [-0.1, -0.05) is 39.3 Å². The second-order valence-corrected chi connectivity index (χ2v) is 15.1. The number of benzene rings is 1. The molecule has 11 nitrogen and oxygen atoms in total. The first-order valence-corrected chi connectivity index (χ1v) is 17.5. The highest BCUT2D eigenvalue weighted by molar-refractivity contribution is 5.91. The van der Waals surface area contributed by atoms with Gasteiger partial charge >= 0.3 is 12.1 Å². The van der Waals surface area contributed by atoms with Crippen molar-refractivity contribution in [2.75, 3.05) is 13.7 Å². The Bertz CT molecular complexity index is 1560. The van der Waals surface area contributed by atoms with Crippen LogP contribution in [0.3, 0.4) is 0 Å². The first-order valence-electron chi connectivity index (χ1n) is 17.5. The number of carbonyl (C=O) groups excluding carboxylic acids is 3. The highest BCUT2D eigenvalue weighted by Gasteiger charge is 2.53. The highest BCUT2D eigenvalue weighted by Crippen LogP contribution is 2.43. The molecule has 2 aliphatic carbocycles. The smallest absolute Gasteiger partial charge is 0.408 e. The SMILES string of the molecule is C=CCCC[C@@H]1C[C@H]1OC(=O)N[C@H](C(=O)N1C[C@H](Oc2nc3cc(OC)ccc3nc2C=C)[C@@H](C)[C@H]1C(=O)OC(C)(C)C)C1(C)CCCC1. The molecular formula is C38H52N4O7. The lowest BCUT2D eigenvalue weighted by molar-refractivity contribution is -0.165. The van der Waals surface area contributed by atoms with Gasteiger partial charge in [0, 0.05) is 12.0 Å². The van der Waals surface area contributed by atoms with Gasteiger partial charge in [-0.15, -0.1) is 6.58 Å². The van der Waals surface area contributed by atoms with Crippen LogP contribution in [-0.4, -0.2) is 76.4 Å². The van der Waals surface area contributed by atoms with Gasteiger partial charge in [-0.2, -0.15) is 0 Å². The lowest BCUT2D eigenvalue weighted by atomic mass is 9.79. The van der Waals surface area contributed by atoms with E-state index in [1.807, 2.05) is 26.0 Å². The number of hydrogen-bond donors (Lipinski definition) is 1. The second-order valence-electron chi connectivity index (χ2n) is 15.1. The summed E-state index contributed by atoms with van der Waals surface area (Å²) in [6.07, 6.45) is 9.20. The Morgan fingerprint density at radius 3 is 2.51 bits per heavy atom. The summed E-state index contributed by atoms with van der Waals surface area (Å²) in [5.41, 5.74) is 0.354. The van der Waals surface area contributed by atoms with Crippen molar-refractivity contribution >= 4 is 35.1 Å². The van der Waals surface area contributed by atoms with Crippen LogP contribution in [0.2, 0.25) is 0 Å². The number of allylic oxidation sites excluding steroid dienone is 1. The van der Waals surface area contributed by atoms with E-state index < -0.39 is 47.2 Å². The molecule has 1 N–H and O–H groups in total. The van der Waals surface area contributed by atoms with Crippen molar-refractivity contribution < 1.29 is 33.3 Å². The molecule has 1 aliphatic heterocycles. The van der Waals surface area contributed by atoms with E-state index in [1.165, 1.54) is 4.90 Å². The number of aromatic nitrogens is 2. The third kappa shape index (κ3) is 8.36. The number of alkyl carbamates (subject to hydrolysis) is 1. The molecule has 49 heavy (non-hydrogen) atoms. The van der Waals surface area contributed by atoms with E-state index in [2.05, 4.69) is 23.5 Å². The summed E-state index contributed by atoms with van der Waals surface area (Å²) in [4.78, 5) is 52.8. The van der Waals surface area contributed by atoms with Crippen molar-refractivity contribution in [1.82, 2.24) is 20.2 Å². The number of methoxy groups -OCH3 is 1. The quantitative estimate of drug-likeness (QED) is 0.141. The molecule has 0 bridgehead atoms. The first kappa shape index (κ1) is 36.1. The van der Waals surface area contributed by atoms with Crippen LogP contribution in [0.1, 0.15) is 91.7 Å². The van der Waals surface area contributed by atoms with E-state index in [4.69, 9.17) is 23.9 Å². The van der Waals surface area contributed by atoms with Gasteiger partial charge in [0.15, 0.2) is 0 Å². The molecule has 266 valence electrons. The van der Waals surface area contributed by atoms with Gasteiger partial charge in [0.05, 0.1) is 24.7 Å². The number of unbranched alkanes of at least 4 members (excludes halogenated alkanes) is 1. The van der Waals surface area contributed by atoms with Crippen LogP contribution in [-0.2, 0) is 19.1 Å². The van der Waals surface area contributed by atoms with E-state index in [1.54, 1.807) is 46.1 Å². The Morgan fingerprint density at radius 2 is 1.86 bits per heavy atom. The van der Waals surface area contributed by atoms with Crippen LogP contribution < -0.4 is 14.8 Å².